The van der Waals surface area contributed by atoms with Crippen LogP contribution >= 0.6 is 34.2 Å². The highest BCUT2D eigenvalue weighted by atomic mass is 127. The molecule has 0 N–H and O–H groups in total. The van der Waals surface area contributed by atoms with Gasteiger partial charge in [-0.15, -0.1) is 0 Å². The zero-order valence-electron chi connectivity index (χ0n) is 10.1. The van der Waals surface area contributed by atoms with E-state index in [9.17, 15) is 4.79 Å². The fourth-order valence-corrected chi connectivity index (χ4v) is 2.36. The largest absolute Gasteiger partial charge is 0.451 e. The van der Waals surface area contributed by atoms with Crippen LogP contribution in [-0.4, -0.2) is 5.97 Å². The van der Waals surface area contributed by atoms with E-state index in [0.717, 1.165) is 9.33 Å². The minimum absolute atomic E-state index is 0.388. The summed E-state index contributed by atoms with van der Waals surface area (Å²) in [5.74, 6) is 0.746. The third-order valence-corrected chi connectivity index (χ3v) is 3.58. The van der Waals surface area contributed by atoms with E-state index in [4.69, 9.17) is 20.8 Å². The monoisotopic (exact) mass is 398 g/mol. The number of halogens is 2. The van der Waals surface area contributed by atoms with Gasteiger partial charge in [0.25, 0.3) is 0 Å². The van der Waals surface area contributed by atoms with Crippen molar-refractivity contribution in [2.45, 2.75) is 0 Å². The van der Waals surface area contributed by atoms with Crippen LogP contribution in [-0.2, 0) is 9.53 Å². The summed E-state index contributed by atoms with van der Waals surface area (Å²) in [5.41, 5.74) is 1.26. The molecule has 0 amide bonds. The van der Waals surface area contributed by atoms with Gasteiger partial charge in [-0.1, -0.05) is 11.6 Å². The van der Waals surface area contributed by atoms with Crippen molar-refractivity contribution < 1.29 is 13.9 Å². The zero-order valence-corrected chi connectivity index (χ0v) is 13.0. The first-order valence-electron chi connectivity index (χ1n) is 5.79. The van der Waals surface area contributed by atoms with E-state index in [1.807, 2.05) is 6.07 Å². The molecular weight excluding hydrogens is 391 g/mol. The second kappa shape index (κ2) is 5.46. The van der Waals surface area contributed by atoms with Crippen LogP contribution in [0.2, 0.25) is 5.02 Å². The van der Waals surface area contributed by atoms with Crippen LogP contribution in [0.4, 0.5) is 0 Å². The Morgan fingerprint density at radius 1 is 1.10 bits per heavy atom. The number of carbonyl (C=O) groups excluding carboxylic acids is 1. The normalized spacial score (nSPS) is 16.4. The molecule has 3 rings (SSSR count). The number of ether oxygens (including phenoxy) is 1. The summed E-state index contributed by atoms with van der Waals surface area (Å²) in [6.07, 6.45) is 3.36. The van der Waals surface area contributed by atoms with Gasteiger partial charge < -0.3 is 9.15 Å². The maximum atomic E-state index is 11.8. The molecule has 20 heavy (non-hydrogen) atoms. The van der Waals surface area contributed by atoms with E-state index in [-0.39, 0.29) is 5.97 Å². The number of esters is 1. The molecule has 3 nitrogen and oxygen atoms in total. The summed E-state index contributed by atoms with van der Waals surface area (Å²) < 4.78 is 11.4. The summed E-state index contributed by atoms with van der Waals surface area (Å²) in [6.45, 7) is 0. The van der Waals surface area contributed by atoms with Gasteiger partial charge in [-0.05, 0) is 71.1 Å². The van der Waals surface area contributed by atoms with Crippen LogP contribution in [0.15, 0.2) is 52.5 Å². The van der Waals surface area contributed by atoms with Gasteiger partial charge in [0, 0.05) is 10.6 Å². The topological polar surface area (TPSA) is 39.4 Å². The molecule has 0 saturated carbocycles. The summed E-state index contributed by atoms with van der Waals surface area (Å²) in [4.78, 5) is 11.8. The first-order valence-corrected chi connectivity index (χ1v) is 7.24. The van der Waals surface area contributed by atoms with E-state index in [1.54, 1.807) is 42.5 Å². The van der Waals surface area contributed by atoms with Crippen LogP contribution in [0.3, 0.4) is 0 Å². The molecule has 0 aliphatic carbocycles. The molecule has 0 fully saturated rings. The first-order chi connectivity index (χ1) is 9.61. The van der Waals surface area contributed by atoms with Crippen LogP contribution in [0, 0.1) is 3.77 Å². The summed E-state index contributed by atoms with van der Waals surface area (Å²) in [6, 6.07) is 10.7. The molecule has 0 radical (unpaired) electrons. The Balaban J connectivity index is 1.92. The molecule has 0 spiro atoms. The van der Waals surface area contributed by atoms with E-state index < -0.39 is 0 Å². The lowest BCUT2D eigenvalue weighted by molar-refractivity contribution is -0.130. The van der Waals surface area contributed by atoms with Gasteiger partial charge in [0.05, 0.1) is 5.57 Å². The minimum atomic E-state index is -0.388. The Morgan fingerprint density at radius 2 is 1.85 bits per heavy atom. The lowest BCUT2D eigenvalue weighted by Crippen LogP contribution is -1.96. The second-order valence-corrected chi connectivity index (χ2v) is 5.65. The average Bonchev–Trinajstić information content (AvgIpc) is 2.98. The molecule has 1 aromatic carbocycles. The van der Waals surface area contributed by atoms with Gasteiger partial charge >= 0.3 is 5.97 Å². The molecule has 2 aromatic rings. The Hall–Kier alpha value is -1.53. The standard InChI is InChI=1S/C15H8ClIO3/c16-11-3-1-9(2-4-11)13-8-10(15(18)20-13)7-12-5-6-14(17)19-12/h1-8H/b10-7+. The number of benzene rings is 1. The number of hydrogen-bond acceptors (Lipinski definition) is 3. The van der Waals surface area contributed by atoms with Crippen molar-refractivity contribution in [1.29, 1.82) is 0 Å². The van der Waals surface area contributed by atoms with Crippen LogP contribution in [0.5, 0.6) is 0 Å². The maximum Gasteiger partial charge on any atom is 0.343 e. The number of furan rings is 1. The fourth-order valence-electron chi connectivity index (χ4n) is 1.80. The number of rotatable bonds is 2. The van der Waals surface area contributed by atoms with Gasteiger partial charge in [0.15, 0.2) is 3.77 Å². The van der Waals surface area contributed by atoms with E-state index in [2.05, 4.69) is 22.6 Å². The summed E-state index contributed by atoms with van der Waals surface area (Å²) >= 11 is 7.90. The molecule has 1 aliphatic heterocycles. The smallest absolute Gasteiger partial charge is 0.343 e. The van der Waals surface area contributed by atoms with Crippen molar-refractivity contribution in [3.63, 3.8) is 0 Å². The number of cyclic esters (lactones) is 1. The minimum Gasteiger partial charge on any atom is -0.451 e. The lowest BCUT2D eigenvalue weighted by Gasteiger charge is -2.00. The van der Waals surface area contributed by atoms with Gasteiger partial charge in [0.1, 0.15) is 11.5 Å². The van der Waals surface area contributed by atoms with Crippen molar-refractivity contribution in [3.8, 4) is 0 Å². The lowest BCUT2D eigenvalue weighted by atomic mass is 10.1. The molecule has 0 atom stereocenters. The van der Waals surface area contributed by atoms with Crippen LogP contribution in [0.25, 0.3) is 11.8 Å². The van der Waals surface area contributed by atoms with Gasteiger partial charge in [-0.25, -0.2) is 4.79 Å². The van der Waals surface area contributed by atoms with Crippen molar-refractivity contribution in [2.24, 2.45) is 0 Å². The Kier molecular flexibility index (Phi) is 3.67. The second-order valence-electron chi connectivity index (χ2n) is 4.15. The molecule has 1 aromatic heterocycles. The van der Waals surface area contributed by atoms with Crippen molar-refractivity contribution in [3.05, 3.63) is 68.2 Å². The first kappa shape index (κ1) is 13.5. The Labute approximate surface area is 134 Å². The Morgan fingerprint density at radius 3 is 2.50 bits per heavy atom. The third-order valence-electron chi connectivity index (χ3n) is 2.75. The number of hydrogen-bond donors (Lipinski definition) is 0. The fraction of sp³-hybridized carbons (Fsp3) is 0. The average molecular weight is 399 g/mol. The molecule has 0 bridgehead atoms. The molecule has 5 heteroatoms. The van der Waals surface area contributed by atoms with Gasteiger partial charge in [-0.2, -0.15) is 0 Å². The summed E-state index contributed by atoms with van der Waals surface area (Å²) in [5, 5.41) is 0.639. The third kappa shape index (κ3) is 2.81. The predicted molar refractivity (Wildman–Crippen MR) is 84.9 cm³/mol. The van der Waals surface area contributed by atoms with Crippen LogP contribution in [0.1, 0.15) is 11.3 Å². The van der Waals surface area contributed by atoms with Gasteiger partial charge in [-0.3, -0.25) is 0 Å². The van der Waals surface area contributed by atoms with E-state index >= 15 is 0 Å². The molecule has 100 valence electrons. The molecular formula is C15H8ClIO3. The predicted octanol–water partition coefficient (Wildman–Crippen LogP) is 4.52. The quantitative estimate of drug-likeness (QED) is 0.424. The highest BCUT2D eigenvalue weighted by molar-refractivity contribution is 14.1. The van der Waals surface area contributed by atoms with Crippen molar-refractivity contribution in [1.82, 2.24) is 0 Å². The highest BCUT2D eigenvalue weighted by Crippen LogP contribution is 2.28. The van der Waals surface area contributed by atoms with E-state index in [1.165, 1.54) is 0 Å². The van der Waals surface area contributed by atoms with Crippen molar-refractivity contribution in [2.75, 3.05) is 0 Å². The molecule has 0 unspecified atom stereocenters. The SMILES string of the molecule is O=C1OC(c2ccc(Cl)cc2)=C/C1=C\c1ccc(I)o1. The molecule has 2 heterocycles. The molecule has 0 saturated heterocycles. The Bertz CT molecular complexity index is 726. The van der Waals surface area contributed by atoms with Crippen molar-refractivity contribution >= 4 is 52.0 Å². The molecule has 1 aliphatic rings. The van der Waals surface area contributed by atoms with Gasteiger partial charge in [0.2, 0.25) is 0 Å². The van der Waals surface area contributed by atoms with Crippen LogP contribution < -0.4 is 0 Å². The maximum absolute atomic E-state index is 11.8. The van der Waals surface area contributed by atoms with E-state index in [0.29, 0.717) is 22.1 Å². The highest BCUT2D eigenvalue weighted by Gasteiger charge is 2.22. The summed E-state index contributed by atoms with van der Waals surface area (Å²) in [7, 11) is 0. The number of carbonyl (C=O) groups is 1. The zero-order chi connectivity index (χ0) is 14.1.